The van der Waals surface area contributed by atoms with Gasteiger partial charge in [-0.15, -0.1) is 0 Å². The molecule has 2 unspecified atom stereocenters. The summed E-state index contributed by atoms with van der Waals surface area (Å²) in [5.41, 5.74) is 0.967. The fraction of sp³-hybridized carbons (Fsp3) is 0.333. The number of carbonyl (C=O) groups excluding carboxylic acids is 2. The molecule has 1 aliphatic rings. The molecule has 1 saturated heterocycles. The van der Waals surface area contributed by atoms with Gasteiger partial charge in [0.25, 0.3) is 0 Å². The average molecular weight is 760 g/mol. The zero-order valence-corrected chi connectivity index (χ0v) is 26.4. The molecule has 0 N–H and O–H groups in total. The molecule has 8 nitrogen and oxygen atoms in total. The van der Waals surface area contributed by atoms with Gasteiger partial charge in [-0.3, -0.25) is 0 Å². The molecule has 0 aliphatic carbocycles. The summed E-state index contributed by atoms with van der Waals surface area (Å²) in [6.07, 6.45) is 6.25. The maximum atomic E-state index is 11.9. The summed E-state index contributed by atoms with van der Waals surface area (Å²) in [7, 11) is 0. The van der Waals surface area contributed by atoms with Crippen molar-refractivity contribution in [2.45, 2.75) is 20.1 Å². The monoisotopic (exact) mass is 762 g/mol. The van der Waals surface area contributed by atoms with Crippen molar-refractivity contribution in [2.75, 3.05) is 13.2 Å². The van der Waals surface area contributed by atoms with Gasteiger partial charge in [-0.25, -0.2) is 0 Å². The predicted molar refractivity (Wildman–Crippen MR) is 88.4 cm³/mol. The van der Waals surface area contributed by atoms with E-state index in [9.17, 15) is 9.59 Å². The van der Waals surface area contributed by atoms with Crippen molar-refractivity contribution in [1.29, 1.82) is 0 Å². The zero-order valence-electron chi connectivity index (χ0n) is 15.4. The van der Waals surface area contributed by atoms with Crippen molar-refractivity contribution in [3.05, 3.63) is 60.2 Å². The topological polar surface area (TPSA) is 96.8 Å². The van der Waals surface area contributed by atoms with Crippen LogP contribution in [0.25, 0.3) is 0 Å². The van der Waals surface area contributed by atoms with Crippen LogP contribution >= 0.6 is 0 Å². The van der Waals surface area contributed by atoms with Crippen LogP contribution in [0.15, 0.2) is 49.1 Å². The Morgan fingerprint density at radius 2 is 1.36 bits per heavy atom. The first-order chi connectivity index (χ1) is 13.7. The van der Waals surface area contributed by atoms with Gasteiger partial charge in [0.15, 0.2) is 0 Å². The van der Waals surface area contributed by atoms with E-state index in [1.54, 1.807) is 36.7 Å². The van der Waals surface area contributed by atoms with Gasteiger partial charge in [-0.05, 0) is 0 Å². The Kier molecular flexibility index (Phi) is 9.23. The van der Waals surface area contributed by atoms with E-state index in [0.29, 0.717) is 24.3 Å². The van der Waals surface area contributed by atoms with Crippen LogP contribution in [-0.4, -0.2) is 47.3 Å². The molecule has 140 valence electrons. The molecule has 0 amide bonds. The van der Waals surface area contributed by atoms with Gasteiger partial charge in [0.2, 0.25) is 0 Å². The summed E-state index contributed by atoms with van der Waals surface area (Å²) < 4.78 is 24.1. The van der Waals surface area contributed by atoms with Crippen LogP contribution in [0.2, 0.25) is 7.86 Å². The number of aromatic nitrogens is 2. The van der Waals surface area contributed by atoms with E-state index < -0.39 is 50.1 Å². The van der Waals surface area contributed by atoms with Crippen LogP contribution in [0.4, 0.5) is 0 Å². The molecular weight excluding hydrogens is 741 g/mol. The van der Waals surface area contributed by atoms with E-state index in [2.05, 4.69) is 9.97 Å². The molecule has 28 heavy (non-hydrogen) atoms. The van der Waals surface area contributed by atoms with Crippen LogP contribution in [0.3, 0.4) is 0 Å². The number of nitrogens with zero attached hydrogens (tertiary/aromatic N) is 2. The number of rotatable bonds is 8. The average Bonchev–Trinajstić information content (AvgIpc) is 2.76. The van der Waals surface area contributed by atoms with Crippen LogP contribution in [0.1, 0.15) is 20.7 Å². The molecule has 3 heterocycles. The molecule has 1 fully saturated rings. The Balaban J connectivity index is 1.27. The molecule has 0 radical (unpaired) electrons. The third kappa shape index (κ3) is 7.13. The molecule has 2 aromatic heterocycles. The quantitative estimate of drug-likeness (QED) is 0.378. The molecule has 0 spiro atoms. The van der Waals surface area contributed by atoms with Crippen LogP contribution in [-0.2, 0) is 64.8 Å². The maximum absolute atomic E-state index is 11.9. The molecule has 1 aliphatic heterocycles. The van der Waals surface area contributed by atoms with Gasteiger partial charge < -0.3 is 0 Å². The molecule has 0 aromatic carbocycles. The summed E-state index contributed by atoms with van der Waals surface area (Å²) >= 11 is -3.64. The van der Waals surface area contributed by atoms with E-state index in [1.165, 1.54) is 12.4 Å². The second kappa shape index (κ2) is 11.9. The predicted octanol–water partition coefficient (Wildman–Crippen LogP) is 2.11. The van der Waals surface area contributed by atoms with Gasteiger partial charge in [0.05, 0.1) is 0 Å². The summed E-state index contributed by atoms with van der Waals surface area (Å²) in [6.45, 7) is 0.999. The molecule has 0 saturated carbocycles. The van der Waals surface area contributed by atoms with Crippen molar-refractivity contribution in [3.63, 3.8) is 0 Å². The van der Waals surface area contributed by atoms with Gasteiger partial charge in [-0.2, -0.15) is 0 Å². The molecule has 3 rings (SSSR count). The number of ether oxygens (including phenoxy) is 2. The summed E-state index contributed by atoms with van der Waals surface area (Å²) in [4.78, 5) is 31.6. The van der Waals surface area contributed by atoms with Crippen molar-refractivity contribution in [3.8, 4) is 0 Å². The second-order valence-electron chi connectivity index (χ2n) is 6.24. The summed E-state index contributed by atoms with van der Waals surface area (Å²) in [5.74, 6) is -0.594. The fourth-order valence-electron chi connectivity index (χ4n) is 2.62. The molecular formula is C18H18Hg2N2O6. The fourth-order valence-corrected chi connectivity index (χ4v) is 10.9. The molecule has 10 heteroatoms. The van der Waals surface area contributed by atoms with Crippen LogP contribution < -0.4 is 0 Å². The number of carbonyl (C=O) groups is 2. The third-order valence-corrected chi connectivity index (χ3v) is 14.6. The number of hydrogen-bond acceptors (Lipinski definition) is 8. The number of hydrogen-bond donors (Lipinski definition) is 0. The zero-order chi connectivity index (χ0) is 19.6. The van der Waals surface area contributed by atoms with E-state index in [-0.39, 0.29) is 24.1 Å². The van der Waals surface area contributed by atoms with E-state index >= 15 is 0 Å². The summed E-state index contributed by atoms with van der Waals surface area (Å²) in [5, 5.41) is 0. The summed E-state index contributed by atoms with van der Waals surface area (Å²) in [6, 6.07) is 6.82. The number of pyridine rings is 2. The Morgan fingerprint density at radius 3 is 1.71 bits per heavy atom. The Morgan fingerprint density at radius 1 is 0.893 bits per heavy atom. The van der Waals surface area contributed by atoms with E-state index in [0.717, 1.165) is 7.86 Å². The van der Waals surface area contributed by atoms with Gasteiger partial charge >= 0.3 is 190 Å². The van der Waals surface area contributed by atoms with Crippen molar-refractivity contribution in [2.24, 2.45) is 0 Å². The Bertz CT molecular complexity index is 692. The van der Waals surface area contributed by atoms with Gasteiger partial charge in [-0.1, -0.05) is 0 Å². The van der Waals surface area contributed by atoms with Crippen molar-refractivity contribution >= 4 is 11.9 Å². The first kappa shape index (κ1) is 21.7. The van der Waals surface area contributed by atoms with Crippen LogP contribution in [0.5, 0.6) is 0 Å². The minimum absolute atomic E-state index is 0.00535. The van der Waals surface area contributed by atoms with Crippen molar-refractivity contribution < 1.29 is 74.4 Å². The standard InChI is InChI=1S/2C6H5NO2.C6H10O2.2Hg/c2*8-6(9)5-2-1-3-7-4-5;1-5-3-8-6(2)4-7-5;;/h2*1-4H,(H,8,9);5-6H,1-4H2;;/q;;;2*+1/p-2. The van der Waals surface area contributed by atoms with Crippen LogP contribution in [0, 0.1) is 0 Å². The molecule has 0 bridgehead atoms. The Labute approximate surface area is 188 Å². The van der Waals surface area contributed by atoms with E-state index in [4.69, 9.17) is 14.8 Å². The first-order valence-electron chi connectivity index (χ1n) is 9.10. The van der Waals surface area contributed by atoms with E-state index in [1.807, 2.05) is 0 Å². The molecule has 2 atom stereocenters. The van der Waals surface area contributed by atoms with Crippen molar-refractivity contribution in [1.82, 2.24) is 9.97 Å². The minimum atomic E-state index is -1.82. The first-order valence-corrected chi connectivity index (χ1v) is 21.4. The third-order valence-electron chi connectivity index (χ3n) is 4.18. The van der Waals surface area contributed by atoms with Gasteiger partial charge in [0.1, 0.15) is 0 Å². The normalized spacial score (nSPS) is 18.4. The second-order valence-corrected chi connectivity index (χ2v) is 16.2. The Hall–Kier alpha value is -0.970. The van der Waals surface area contributed by atoms with Gasteiger partial charge in [0, 0.05) is 0 Å². The molecule has 2 aromatic rings. The SMILES string of the molecule is O=C([O][Hg][CH2]C1COC([CH2][Hg][O]C(=O)c2cccnc2)CO1)c1cccnc1.